The van der Waals surface area contributed by atoms with E-state index in [1.54, 1.807) is 4.68 Å². The molecule has 0 spiro atoms. The van der Waals surface area contributed by atoms with Crippen molar-refractivity contribution in [3.05, 3.63) is 41.5 Å². The van der Waals surface area contributed by atoms with Gasteiger partial charge in [0.1, 0.15) is 18.7 Å². The maximum absolute atomic E-state index is 6.10. The summed E-state index contributed by atoms with van der Waals surface area (Å²) < 4.78 is 7.48. The summed E-state index contributed by atoms with van der Waals surface area (Å²) in [6.07, 6.45) is 4.85. The lowest BCUT2D eigenvalue weighted by atomic mass is 9.88. The van der Waals surface area contributed by atoms with Gasteiger partial charge < -0.3 is 10.5 Å². The van der Waals surface area contributed by atoms with Gasteiger partial charge in [-0.1, -0.05) is 6.07 Å². The van der Waals surface area contributed by atoms with Crippen molar-refractivity contribution in [3.8, 4) is 5.75 Å². The van der Waals surface area contributed by atoms with Gasteiger partial charge in [-0.3, -0.25) is 4.68 Å². The van der Waals surface area contributed by atoms with Crippen molar-refractivity contribution in [1.82, 2.24) is 14.8 Å². The molecule has 0 bridgehead atoms. The maximum atomic E-state index is 6.10. The van der Waals surface area contributed by atoms with Gasteiger partial charge in [0, 0.05) is 13.1 Å². The number of nitrogens with zero attached hydrogens (tertiary/aromatic N) is 3. The Kier molecular flexibility index (Phi) is 3.21. The van der Waals surface area contributed by atoms with Crippen LogP contribution >= 0.6 is 0 Å². The number of nitrogens with two attached hydrogens (primary N) is 1. The Bertz CT molecular complexity index is 579. The lowest BCUT2D eigenvalue weighted by Crippen LogP contribution is -2.17. The summed E-state index contributed by atoms with van der Waals surface area (Å²) in [5, 5.41) is 4.02. The molecule has 0 aliphatic heterocycles. The van der Waals surface area contributed by atoms with Crippen molar-refractivity contribution >= 4 is 0 Å². The first-order chi connectivity index (χ1) is 9.24. The van der Waals surface area contributed by atoms with Crippen LogP contribution in [0.25, 0.3) is 0 Å². The molecule has 1 aliphatic carbocycles. The molecule has 1 aliphatic rings. The second kappa shape index (κ2) is 5.01. The monoisotopic (exact) mass is 258 g/mol. The summed E-state index contributed by atoms with van der Waals surface area (Å²) in [6, 6.07) is 6.35. The van der Waals surface area contributed by atoms with Gasteiger partial charge in [-0.25, -0.2) is 4.98 Å². The molecular formula is C14H18N4O. The summed E-state index contributed by atoms with van der Waals surface area (Å²) in [7, 11) is 1.86. The molecule has 0 saturated carbocycles. The van der Waals surface area contributed by atoms with Crippen molar-refractivity contribution in [2.75, 3.05) is 0 Å². The molecule has 1 heterocycles. The van der Waals surface area contributed by atoms with Gasteiger partial charge in [-0.15, -0.1) is 0 Å². The summed E-state index contributed by atoms with van der Waals surface area (Å²) in [5.74, 6) is 1.69. The molecule has 1 aromatic heterocycles. The zero-order valence-corrected chi connectivity index (χ0v) is 11.0. The summed E-state index contributed by atoms with van der Waals surface area (Å²) in [5.41, 5.74) is 8.68. The normalized spacial score (nSPS) is 18.1. The lowest BCUT2D eigenvalue weighted by molar-refractivity contribution is 0.289. The second-order valence-corrected chi connectivity index (χ2v) is 4.95. The molecule has 1 unspecified atom stereocenters. The molecule has 2 aromatic rings. The molecule has 0 radical (unpaired) electrons. The predicted octanol–water partition coefficient (Wildman–Crippen LogP) is 1.73. The third kappa shape index (κ3) is 2.46. The quantitative estimate of drug-likeness (QED) is 0.910. The first-order valence-electron chi connectivity index (χ1n) is 6.58. The average Bonchev–Trinajstić information content (AvgIpc) is 2.82. The van der Waals surface area contributed by atoms with Crippen LogP contribution in [0, 0.1) is 0 Å². The zero-order valence-electron chi connectivity index (χ0n) is 11.0. The van der Waals surface area contributed by atoms with E-state index in [9.17, 15) is 0 Å². The van der Waals surface area contributed by atoms with Gasteiger partial charge in [0.25, 0.3) is 0 Å². The first kappa shape index (κ1) is 12.2. The molecule has 0 saturated heterocycles. The second-order valence-electron chi connectivity index (χ2n) is 4.95. The highest BCUT2D eigenvalue weighted by Crippen LogP contribution is 2.30. The largest absolute Gasteiger partial charge is 0.486 e. The minimum atomic E-state index is 0.177. The molecule has 2 N–H and O–H groups in total. The standard InChI is InChI=1S/C14H18N4O/c1-18-14(16-9-17-18)8-19-11-5-6-12-10(7-11)3-2-4-13(12)15/h5-7,9,13H,2-4,8,15H2,1H3. The number of fused-ring (bicyclic) bond motifs is 1. The zero-order chi connectivity index (χ0) is 13.2. The number of rotatable bonds is 3. The van der Waals surface area contributed by atoms with Gasteiger partial charge in [-0.2, -0.15) is 5.10 Å². The van der Waals surface area contributed by atoms with Crippen molar-refractivity contribution in [1.29, 1.82) is 0 Å². The lowest BCUT2D eigenvalue weighted by Gasteiger charge is -2.22. The van der Waals surface area contributed by atoms with Gasteiger partial charge in [-0.05, 0) is 42.5 Å². The highest BCUT2D eigenvalue weighted by Gasteiger charge is 2.17. The molecule has 0 amide bonds. The van der Waals surface area contributed by atoms with E-state index < -0.39 is 0 Å². The fourth-order valence-corrected chi connectivity index (χ4v) is 2.52. The SMILES string of the molecule is Cn1ncnc1COc1ccc2c(c1)CCCC2N. The number of hydrogen-bond donors (Lipinski definition) is 1. The van der Waals surface area contributed by atoms with Crippen LogP contribution in [0.1, 0.15) is 35.8 Å². The van der Waals surface area contributed by atoms with Crippen LogP contribution in [0.3, 0.4) is 0 Å². The third-order valence-corrected chi connectivity index (χ3v) is 3.65. The Morgan fingerprint density at radius 2 is 2.37 bits per heavy atom. The molecule has 1 atom stereocenters. The molecule has 0 fully saturated rings. The number of hydrogen-bond acceptors (Lipinski definition) is 4. The van der Waals surface area contributed by atoms with E-state index >= 15 is 0 Å². The molecule has 5 nitrogen and oxygen atoms in total. The van der Waals surface area contributed by atoms with E-state index in [4.69, 9.17) is 10.5 Å². The summed E-state index contributed by atoms with van der Waals surface area (Å²) in [6.45, 7) is 0.432. The highest BCUT2D eigenvalue weighted by atomic mass is 16.5. The van der Waals surface area contributed by atoms with Gasteiger partial charge >= 0.3 is 0 Å². The van der Waals surface area contributed by atoms with Crippen LogP contribution in [-0.2, 0) is 20.1 Å². The number of aromatic nitrogens is 3. The number of ether oxygens (including phenoxy) is 1. The van der Waals surface area contributed by atoms with Gasteiger partial charge in [0.15, 0.2) is 5.82 Å². The fraction of sp³-hybridized carbons (Fsp3) is 0.429. The first-order valence-corrected chi connectivity index (χ1v) is 6.58. The van der Waals surface area contributed by atoms with Crippen LogP contribution in [0.4, 0.5) is 0 Å². The van der Waals surface area contributed by atoms with Gasteiger partial charge in [0.05, 0.1) is 0 Å². The minimum absolute atomic E-state index is 0.177. The van der Waals surface area contributed by atoms with E-state index in [0.717, 1.165) is 30.8 Å². The molecular weight excluding hydrogens is 240 g/mol. The average molecular weight is 258 g/mol. The van der Waals surface area contributed by atoms with Crippen molar-refractivity contribution in [2.45, 2.75) is 31.9 Å². The van der Waals surface area contributed by atoms with E-state index in [1.807, 2.05) is 13.1 Å². The maximum Gasteiger partial charge on any atom is 0.164 e. The Morgan fingerprint density at radius 3 is 3.16 bits per heavy atom. The smallest absolute Gasteiger partial charge is 0.164 e. The van der Waals surface area contributed by atoms with Crippen LogP contribution in [-0.4, -0.2) is 14.8 Å². The van der Waals surface area contributed by atoms with Crippen molar-refractivity contribution in [2.24, 2.45) is 12.8 Å². The minimum Gasteiger partial charge on any atom is -0.486 e. The van der Waals surface area contributed by atoms with E-state index in [0.29, 0.717) is 6.61 Å². The number of aryl methyl sites for hydroxylation is 2. The Labute approximate surface area is 112 Å². The Morgan fingerprint density at radius 1 is 1.47 bits per heavy atom. The summed E-state index contributed by atoms with van der Waals surface area (Å²) >= 11 is 0. The van der Waals surface area contributed by atoms with Crippen LogP contribution < -0.4 is 10.5 Å². The Balaban J connectivity index is 1.74. The number of benzene rings is 1. The molecule has 1 aromatic carbocycles. The predicted molar refractivity (Wildman–Crippen MR) is 71.6 cm³/mol. The molecule has 3 rings (SSSR count). The van der Waals surface area contributed by atoms with Crippen LogP contribution in [0.15, 0.2) is 24.5 Å². The highest BCUT2D eigenvalue weighted by molar-refractivity contribution is 5.38. The van der Waals surface area contributed by atoms with Crippen molar-refractivity contribution in [3.63, 3.8) is 0 Å². The third-order valence-electron chi connectivity index (χ3n) is 3.65. The topological polar surface area (TPSA) is 66.0 Å². The summed E-state index contributed by atoms with van der Waals surface area (Å²) in [4.78, 5) is 4.14. The molecule has 100 valence electrons. The van der Waals surface area contributed by atoms with E-state index in [1.165, 1.54) is 17.5 Å². The fourth-order valence-electron chi connectivity index (χ4n) is 2.52. The molecule has 19 heavy (non-hydrogen) atoms. The Hall–Kier alpha value is -1.88. The van der Waals surface area contributed by atoms with E-state index in [2.05, 4.69) is 22.2 Å². The van der Waals surface area contributed by atoms with Gasteiger partial charge in [0.2, 0.25) is 0 Å². The van der Waals surface area contributed by atoms with E-state index in [-0.39, 0.29) is 6.04 Å². The van der Waals surface area contributed by atoms with Crippen LogP contribution in [0.5, 0.6) is 5.75 Å². The van der Waals surface area contributed by atoms with Crippen LogP contribution in [0.2, 0.25) is 0 Å². The molecule has 5 heteroatoms. The van der Waals surface area contributed by atoms with Crippen molar-refractivity contribution < 1.29 is 4.74 Å².